The molecule has 1 aliphatic heterocycles. The van der Waals surface area contributed by atoms with Crippen LogP contribution in [-0.2, 0) is 0 Å². The lowest BCUT2D eigenvalue weighted by molar-refractivity contribution is 0.247. The van der Waals surface area contributed by atoms with Crippen molar-refractivity contribution in [1.82, 2.24) is 10.6 Å². The van der Waals surface area contributed by atoms with Gasteiger partial charge >= 0.3 is 6.03 Å². The zero-order valence-corrected chi connectivity index (χ0v) is 9.24. The van der Waals surface area contributed by atoms with Crippen LogP contribution in [0.2, 0.25) is 0 Å². The molecule has 1 fully saturated rings. The molecule has 2 amide bonds. The van der Waals surface area contributed by atoms with E-state index in [4.69, 9.17) is 9.47 Å². The number of carbonyl (C=O) groups excluding carboxylic acids is 1. The van der Waals surface area contributed by atoms with Gasteiger partial charge in [0.05, 0.1) is 20.3 Å². The molecule has 5 heteroatoms. The second kappa shape index (κ2) is 4.30. The van der Waals surface area contributed by atoms with E-state index in [0.29, 0.717) is 12.3 Å². The first-order chi connectivity index (χ1) is 7.74. The highest BCUT2D eigenvalue weighted by Gasteiger charge is 2.24. The van der Waals surface area contributed by atoms with E-state index in [1.54, 1.807) is 20.3 Å². The predicted octanol–water partition coefficient (Wildman–Crippen LogP) is 1.06. The Kier molecular flexibility index (Phi) is 2.85. The Morgan fingerprint density at radius 3 is 2.69 bits per heavy atom. The summed E-state index contributed by atoms with van der Waals surface area (Å²) in [5, 5.41) is 5.52. The van der Waals surface area contributed by atoms with Crippen LogP contribution in [0.15, 0.2) is 18.2 Å². The molecule has 16 heavy (non-hydrogen) atoms. The third-order valence-corrected chi connectivity index (χ3v) is 2.59. The van der Waals surface area contributed by atoms with Crippen LogP contribution < -0.4 is 20.1 Å². The molecule has 1 aromatic rings. The molecule has 1 saturated heterocycles. The van der Waals surface area contributed by atoms with Crippen LogP contribution in [0.1, 0.15) is 11.6 Å². The highest BCUT2D eigenvalue weighted by Crippen LogP contribution is 2.30. The Hall–Kier alpha value is -1.91. The zero-order valence-electron chi connectivity index (χ0n) is 9.24. The van der Waals surface area contributed by atoms with Gasteiger partial charge in [0.1, 0.15) is 11.5 Å². The standard InChI is InChI=1S/C11H14N2O3/c1-15-7-3-4-8(10(5-7)16-2)9-6-12-11(14)13-9/h3-5,9H,6H2,1-2H3,(H2,12,13,14)/t9-/m1/s1. The zero-order chi connectivity index (χ0) is 11.5. The first kappa shape index (κ1) is 10.6. The van der Waals surface area contributed by atoms with Crippen LogP contribution in [0.25, 0.3) is 0 Å². The van der Waals surface area contributed by atoms with Gasteiger partial charge in [-0.1, -0.05) is 0 Å². The maximum absolute atomic E-state index is 11.1. The number of carbonyl (C=O) groups is 1. The van der Waals surface area contributed by atoms with E-state index in [-0.39, 0.29) is 12.1 Å². The highest BCUT2D eigenvalue weighted by molar-refractivity contribution is 5.77. The third kappa shape index (κ3) is 1.88. The number of benzene rings is 1. The van der Waals surface area contributed by atoms with Crippen LogP contribution >= 0.6 is 0 Å². The van der Waals surface area contributed by atoms with Crippen molar-refractivity contribution in [2.24, 2.45) is 0 Å². The normalized spacial score (nSPS) is 18.9. The van der Waals surface area contributed by atoms with E-state index in [1.165, 1.54) is 0 Å². The minimum atomic E-state index is -0.150. The monoisotopic (exact) mass is 222 g/mol. The molecular formula is C11H14N2O3. The number of urea groups is 1. The molecule has 2 rings (SSSR count). The van der Waals surface area contributed by atoms with Gasteiger partial charge in [0.2, 0.25) is 0 Å². The van der Waals surface area contributed by atoms with Gasteiger partial charge in [-0.3, -0.25) is 0 Å². The number of hydrogen-bond acceptors (Lipinski definition) is 3. The molecule has 0 bridgehead atoms. The molecule has 5 nitrogen and oxygen atoms in total. The molecule has 0 saturated carbocycles. The van der Waals surface area contributed by atoms with Crippen LogP contribution in [0.5, 0.6) is 11.5 Å². The summed E-state index contributed by atoms with van der Waals surface area (Å²) >= 11 is 0. The fraction of sp³-hybridized carbons (Fsp3) is 0.364. The first-order valence-corrected chi connectivity index (χ1v) is 5.01. The van der Waals surface area contributed by atoms with Crippen molar-refractivity contribution in [3.8, 4) is 11.5 Å². The Balaban J connectivity index is 2.29. The van der Waals surface area contributed by atoms with E-state index in [0.717, 1.165) is 11.3 Å². The van der Waals surface area contributed by atoms with Gasteiger partial charge in [0, 0.05) is 18.2 Å². The summed E-state index contributed by atoms with van der Waals surface area (Å²) in [7, 11) is 3.20. The van der Waals surface area contributed by atoms with E-state index < -0.39 is 0 Å². The average molecular weight is 222 g/mol. The summed E-state index contributed by atoms with van der Waals surface area (Å²) in [6.07, 6.45) is 0. The quantitative estimate of drug-likeness (QED) is 0.803. The van der Waals surface area contributed by atoms with Crippen molar-refractivity contribution in [3.63, 3.8) is 0 Å². The van der Waals surface area contributed by atoms with Crippen LogP contribution in [0, 0.1) is 0 Å². The van der Waals surface area contributed by atoms with Crippen molar-refractivity contribution in [2.75, 3.05) is 20.8 Å². The number of hydrogen-bond donors (Lipinski definition) is 2. The average Bonchev–Trinajstić information content (AvgIpc) is 2.74. The Morgan fingerprint density at radius 1 is 1.31 bits per heavy atom. The summed E-state index contributed by atoms with van der Waals surface area (Å²) < 4.78 is 10.4. The van der Waals surface area contributed by atoms with E-state index in [2.05, 4.69) is 10.6 Å². The molecule has 0 aliphatic carbocycles. The number of ether oxygens (including phenoxy) is 2. The maximum atomic E-state index is 11.1. The Morgan fingerprint density at radius 2 is 2.12 bits per heavy atom. The second-order valence-corrected chi connectivity index (χ2v) is 3.51. The fourth-order valence-electron chi connectivity index (χ4n) is 1.75. The van der Waals surface area contributed by atoms with Crippen LogP contribution in [-0.4, -0.2) is 26.8 Å². The molecule has 1 aromatic carbocycles. The molecule has 0 radical (unpaired) electrons. The van der Waals surface area contributed by atoms with E-state index >= 15 is 0 Å². The lowest BCUT2D eigenvalue weighted by atomic mass is 10.1. The molecule has 2 N–H and O–H groups in total. The van der Waals surface area contributed by atoms with Gasteiger partial charge in [-0.05, 0) is 12.1 Å². The lowest BCUT2D eigenvalue weighted by Gasteiger charge is -2.14. The smallest absolute Gasteiger partial charge is 0.315 e. The molecular weight excluding hydrogens is 208 g/mol. The molecule has 0 aromatic heterocycles. The number of rotatable bonds is 3. The Bertz CT molecular complexity index is 406. The SMILES string of the molecule is COc1ccc([C@H]2CNC(=O)N2)c(OC)c1. The number of amides is 2. The van der Waals surface area contributed by atoms with E-state index in [1.807, 2.05) is 12.1 Å². The largest absolute Gasteiger partial charge is 0.497 e. The van der Waals surface area contributed by atoms with Gasteiger partial charge in [-0.2, -0.15) is 0 Å². The molecule has 86 valence electrons. The van der Waals surface area contributed by atoms with Crippen LogP contribution in [0.4, 0.5) is 4.79 Å². The highest BCUT2D eigenvalue weighted by atomic mass is 16.5. The van der Waals surface area contributed by atoms with Gasteiger partial charge in [-0.15, -0.1) is 0 Å². The number of methoxy groups -OCH3 is 2. The van der Waals surface area contributed by atoms with Gasteiger partial charge < -0.3 is 20.1 Å². The van der Waals surface area contributed by atoms with Crippen molar-refractivity contribution in [2.45, 2.75) is 6.04 Å². The summed E-state index contributed by atoms with van der Waals surface area (Å²) in [4.78, 5) is 11.1. The summed E-state index contributed by atoms with van der Waals surface area (Å²) in [5.41, 5.74) is 0.946. The predicted molar refractivity (Wildman–Crippen MR) is 58.8 cm³/mol. The third-order valence-electron chi connectivity index (χ3n) is 2.59. The van der Waals surface area contributed by atoms with Crippen molar-refractivity contribution < 1.29 is 14.3 Å². The fourth-order valence-corrected chi connectivity index (χ4v) is 1.75. The van der Waals surface area contributed by atoms with Crippen LogP contribution in [0.3, 0.4) is 0 Å². The maximum Gasteiger partial charge on any atom is 0.315 e. The van der Waals surface area contributed by atoms with Crippen molar-refractivity contribution in [1.29, 1.82) is 0 Å². The Labute approximate surface area is 93.7 Å². The first-order valence-electron chi connectivity index (χ1n) is 5.01. The molecule has 0 unspecified atom stereocenters. The molecule has 0 spiro atoms. The summed E-state index contributed by atoms with van der Waals surface area (Å²) in [5.74, 6) is 1.45. The minimum absolute atomic E-state index is 0.0478. The van der Waals surface area contributed by atoms with Crippen molar-refractivity contribution >= 4 is 6.03 Å². The summed E-state index contributed by atoms with van der Waals surface area (Å²) in [6, 6.07) is 5.36. The lowest BCUT2D eigenvalue weighted by Crippen LogP contribution is -2.21. The van der Waals surface area contributed by atoms with E-state index in [9.17, 15) is 4.79 Å². The number of nitrogens with one attached hydrogen (secondary N) is 2. The molecule has 1 atom stereocenters. The van der Waals surface area contributed by atoms with Crippen molar-refractivity contribution in [3.05, 3.63) is 23.8 Å². The summed E-state index contributed by atoms with van der Waals surface area (Å²) in [6.45, 7) is 0.571. The van der Waals surface area contributed by atoms with Gasteiger partial charge in [-0.25, -0.2) is 4.79 Å². The topological polar surface area (TPSA) is 59.6 Å². The molecule has 1 heterocycles. The van der Waals surface area contributed by atoms with Gasteiger partial charge in [0.25, 0.3) is 0 Å². The minimum Gasteiger partial charge on any atom is -0.497 e. The second-order valence-electron chi connectivity index (χ2n) is 3.51. The van der Waals surface area contributed by atoms with Gasteiger partial charge in [0.15, 0.2) is 0 Å². The molecule has 1 aliphatic rings.